The maximum Gasteiger partial charge on any atom is 0.220 e. The molecule has 0 saturated carbocycles. The van der Waals surface area contributed by atoms with Gasteiger partial charge in [-0.3, -0.25) is 14.6 Å². The summed E-state index contributed by atoms with van der Waals surface area (Å²) in [6, 6.07) is 13.1. The Morgan fingerprint density at radius 1 is 1.07 bits per heavy atom. The third kappa shape index (κ3) is 5.56. The van der Waals surface area contributed by atoms with Gasteiger partial charge >= 0.3 is 0 Å². The zero-order valence-corrected chi connectivity index (χ0v) is 16.0. The van der Waals surface area contributed by atoms with Crippen LogP contribution in [-0.2, 0) is 11.2 Å². The van der Waals surface area contributed by atoms with Crippen molar-refractivity contribution in [1.29, 1.82) is 0 Å². The largest absolute Gasteiger partial charge is 0.356 e. The number of hydrogen-bond donors (Lipinski definition) is 1. The molecule has 0 saturated heterocycles. The fourth-order valence-corrected chi connectivity index (χ4v) is 3.39. The molecule has 0 bridgehead atoms. The number of Topliss-reactive ketones (excluding diaryl/α,β-unsaturated/α-hetero) is 1. The first kappa shape index (κ1) is 18.9. The molecule has 0 fully saturated rings. The van der Waals surface area contributed by atoms with Gasteiger partial charge in [0.05, 0.1) is 11.4 Å². The molecule has 6 heteroatoms. The third-order valence-corrected chi connectivity index (χ3v) is 5.01. The highest BCUT2D eigenvalue weighted by atomic mass is 32.1. The van der Waals surface area contributed by atoms with Gasteiger partial charge in [-0.1, -0.05) is 35.9 Å². The number of ketones is 1. The van der Waals surface area contributed by atoms with Gasteiger partial charge in [0.1, 0.15) is 5.01 Å². The summed E-state index contributed by atoms with van der Waals surface area (Å²) in [6.45, 7) is 2.48. The van der Waals surface area contributed by atoms with Crippen LogP contribution in [0.15, 0.2) is 54.0 Å². The van der Waals surface area contributed by atoms with Crippen LogP contribution in [-0.4, -0.2) is 28.2 Å². The van der Waals surface area contributed by atoms with Crippen LogP contribution in [0.4, 0.5) is 0 Å². The van der Waals surface area contributed by atoms with Crippen LogP contribution in [0.25, 0.3) is 10.7 Å². The molecule has 0 aliphatic rings. The lowest BCUT2D eigenvalue weighted by molar-refractivity contribution is -0.121. The van der Waals surface area contributed by atoms with Crippen molar-refractivity contribution in [2.75, 3.05) is 6.54 Å². The fourth-order valence-electron chi connectivity index (χ4n) is 2.56. The van der Waals surface area contributed by atoms with Crippen LogP contribution in [0.5, 0.6) is 0 Å². The molecule has 3 aromatic rings. The van der Waals surface area contributed by atoms with Crippen molar-refractivity contribution in [2.45, 2.75) is 26.2 Å². The Balaban J connectivity index is 1.40. The molecule has 0 aliphatic carbocycles. The van der Waals surface area contributed by atoms with E-state index in [0.717, 1.165) is 22.0 Å². The second-order valence-electron chi connectivity index (χ2n) is 6.25. The van der Waals surface area contributed by atoms with E-state index < -0.39 is 0 Å². The van der Waals surface area contributed by atoms with Gasteiger partial charge in [-0.05, 0) is 19.1 Å². The lowest BCUT2D eigenvalue weighted by Gasteiger charge is -2.04. The first-order chi connectivity index (χ1) is 13.1. The summed E-state index contributed by atoms with van der Waals surface area (Å²) in [5, 5.41) is 5.71. The Labute approximate surface area is 162 Å². The molecule has 2 aromatic heterocycles. The Bertz CT molecular complexity index is 905. The topological polar surface area (TPSA) is 72.0 Å². The number of nitrogens with zero attached hydrogens (tertiary/aromatic N) is 2. The molecule has 0 atom stereocenters. The number of carbonyl (C=O) groups is 2. The van der Waals surface area contributed by atoms with Gasteiger partial charge < -0.3 is 5.32 Å². The molecule has 1 amide bonds. The quantitative estimate of drug-likeness (QED) is 0.604. The Morgan fingerprint density at radius 3 is 2.63 bits per heavy atom. The summed E-state index contributed by atoms with van der Waals surface area (Å²) in [6.07, 6.45) is 2.81. The molecule has 1 N–H and O–H groups in total. The fraction of sp³-hybridized carbons (Fsp3) is 0.238. The minimum atomic E-state index is -0.115. The van der Waals surface area contributed by atoms with Gasteiger partial charge in [-0.15, -0.1) is 11.3 Å². The Hall–Kier alpha value is -2.86. The normalized spacial score (nSPS) is 10.6. The minimum Gasteiger partial charge on any atom is -0.356 e. The second-order valence-corrected chi connectivity index (χ2v) is 7.11. The van der Waals surface area contributed by atoms with Crippen LogP contribution in [0.3, 0.4) is 0 Å². The summed E-state index contributed by atoms with van der Waals surface area (Å²) in [5.74, 6) is -0.125. The Kier molecular flexibility index (Phi) is 6.44. The maximum absolute atomic E-state index is 12.1. The molecule has 0 spiro atoms. The lowest BCUT2D eigenvalue weighted by Crippen LogP contribution is -2.26. The average molecular weight is 379 g/mol. The molecule has 0 radical (unpaired) electrons. The van der Waals surface area contributed by atoms with Crippen molar-refractivity contribution in [1.82, 2.24) is 15.3 Å². The van der Waals surface area contributed by atoms with Crippen molar-refractivity contribution in [3.05, 3.63) is 70.9 Å². The number of pyridine rings is 1. The first-order valence-electron chi connectivity index (χ1n) is 8.84. The highest BCUT2D eigenvalue weighted by Gasteiger charge is 2.10. The Morgan fingerprint density at radius 2 is 1.89 bits per heavy atom. The monoisotopic (exact) mass is 379 g/mol. The van der Waals surface area contributed by atoms with Gasteiger partial charge in [0.2, 0.25) is 5.91 Å². The number of benzene rings is 1. The number of nitrogens with one attached hydrogen (secondary N) is 1. The highest BCUT2D eigenvalue weighted by molar-refractivity contribution is 7.13. The van der Waals surface area contributed by atoms with E-state index in [-0.39, 0.29) is 24.5 Å². The van der Waals surface area contributed by atoms with Crippen molar-refractivity contribution < 1.29 is 9.59 Å². The van der Waals surface area contributed by atoms with Gasteiger partial charge in [-0.25, -0.2) is 4.98 Å². The van der Waals surface area contributed by atoms with Crippen LogP contribution in [0.2, 0.25) is 0 Å². The summed E-state index contributed by atoms with van der Waals surface area (Å²) < 4.78 is 0. The number of aromatic nitrogens is 2. The first-order valence-corrected chi connectivity index (χ1v) is 9.72. The zero-order valence-electron chi connectivity index (χ0n) is 15.1. The average Bonchev–Trinajstić information content (AvgIpc) is 3.16. The molecule has 138 valence electrons. The molecule has 5 nitrogen and oxygen atoms in total. The van der Waals surface area contributed by atoms with E-state index in [1.165, 1.54) is 0 Å². The van der Waals surface area contributed by atoms with Gasteiger partial charge in [0, 0.05) is 42.9 Å². The van der Waals surface area contributed by atoms with Crippen molar-refractivity contribution in [3.63, 3.8) is 0 Å². The summed E-state index contributed by atoms with van der Waals surface area (Å²) in [4.78, 5) is 32.9. The predicted molar refractivity (Wildman–Crippen MR) is 107 cm³/mol. The van der Waals surface area contributed by atoms with E-state index >= 15 is 0 Å². The third-order valence-electron chi connectivity index (χ3n) is 4.09. The zero-order chi connectivity index (χ0) is 19.1. The molecular formula is C21H21N3O2S. The summed E-state index contributed by atoms with van der Waals surface area (Å²) in [7, 11) is 0. The predicted octanol–water partition coefficient (Wildman–Crippen LogP) is 3.84. The van der Waals surface area contributed by atoms with Crippen molar-refractivity contribution >= 4 is 23.0 Å². The molecule has 1 aromatic carbocycles. The number of carbonyl (C=O) groups excluding carboxylic acids is 2. The van der Waals surface area contributed by atoms with E-state index in [2.05, 4.69) is 15.3 Å². The highest BCUT2D eigenvalue weighted by Crippen LogP contribution is 2.21. The van der Waals surface area contributed by atoms with Gasteiger partial charge in [0.25, 0.3) is 0 Å². The molecule has 0 aliphatic heterocycles. The molecule has 3 rings (SSSR count). The van der Waals surface area contributed by atoms with Crippen LogP contribution >= 0.6 is 11.3 Å². The van der Waals surface area contributed by atoms with Gasteiger partial charge in [0.15, 0.2) is 5.78 Å². The number of hydrogen-bond acceptors (Lipinski definition) is 5. The van der Waals surface area contributed by atoms with Crippen molar-refractivity contribution in [2.24, 2.45) is 0 Å². The van der Waals surface area contributed by atoms with E-state index in [1.807, 2.05) is 42.6 Å². The standard InChI is InChI=1S/C21H21N3O2S/c1-15-5-7-16(8-6-15)19(25)9-10-20(26)23-13-11-17-14-27-21(24-17)18-4-2-3-12-22-18/h2-8,12,14H,9-11,13H2,1H3,(H,23,26). The lowest BCUT2D eigenvalue weighted by atomic mass is 10.1. The second kappa shape index (κ2) is 9.19. The van der Waals surface area contributed by atoms with E-state index in [1.54, 1.807) is 29.7 Å². The number of thiazole rings is 1. The maximum atomic E-state index is 12.1. The SMILES string of the molecule is Cc1ccc(C(=O)CCC(=O)NCCc2csc(-c3ccccn3)n2)cc1. The van der Waals surface area contributed by atoms with Crippen LogP contribution in [0, 0.1) is 6.92 Å². The molecular weight excluding hydrogens is 358 g/mol. The van der Waals surface area contributed by atoms with Crippen LogP contribution < -0.4 is 5.32 Å². The summed E-state index contributed by atoms with van der Waals surface area (Å²) in [5.41, 5.74) is 3.54. The summed E-state index contributed by atoms with van der Waals surface area (Å²) >= 11 is 1.54. The molecule has 2 heterocycles. The number of rotatable bonds is 8. The van der Waals surface area contributed by atoms with Gasteiger partial charge in [-0.2, -0.15) is 0 Å². The van der Waals surface area contributed by atoms with E-state index in [9.17, 15) is 9.59 Å². The minimum absolute atomic E-state index is 0.00958. The van der Waals surface area contributed by atoms with E-state index in [4.69, 9.17) is 0 Å². The van der Waals surface area contributed by atoms with Crippen molar-refractivity contribution in [3.8, 4) is 10.7 Å². The smallest absolute Gasteiger partial charge is 0.220 e. The number of aryl methyl sites for hydroxylation is 1. The van der Waals surface area contributed by atoms with Crippen LogP contribution in [0.1, 0.15) is 34.5 Å². The molecule has 27 heavy (non-hydrogen) atoms. The number of amides is 1. The molecule has 0 unspecified atom stereocenters. The van der Waals surface area contributed by atoms with E-state index in [0.29, 0.717) is 18.5 Å².